The van der Waals surface area contributed by atoms with Gasteiger partial charge in [0.15, 0.2) is 5.76 Å². The lowest BCUT2D eigenvalue weighted by molar-refractivity contribution is 0.0891. The van der Waals surface area contributed by atoms with Gasteiger partial charge in [0.25, 0.3) is 5.91 Å². The molecule has 0 bridgehead atoms. The molecule has 1 aromatic heterocycles. The molecule has 16 heavy (non-hydrogen) atoms. The fourth-order valence-corrected chi connectivity index (χ4v) is 2.08. The molecule has 2 rings (SSSR count). The summed E-state index contributed by atoms with van der Waals surface area (Å²) >= 11 is 0. The number of hydrogen-bond donors (Lipinski definition) is 1. The van der Waals surface area contributed by atoms with E-state index in [-0.39, 0.29) is 11.7 Å². The van der Waals surface area contributed by atoms with Crippen molar-refractivity contribution in [2.75, 3.05) is 0 Å². The third kappa shape index (κ3) is 1.94. The van der Waals surface area contributed by atoms with Gasteiger partial charge in [-0.15, -0.1) is 0 Å². The fourth-order valence-electron chi connectivity index (χ4n) is 2.08. The Morgan fingerprint density at radius 1 is 1.50 bits per heavy atom. The molecule has 0 unspecified atom stereocenters. The van der Waals surface area contributed by atoms with E-state index in [1.807, 2.05) is 0 Å². The van der Waals surface area contributed by atoms with Gasteiger partial charge in [-0.05, 0) is 44.7 Å². The van der Waals surface area contributed by atoms with Gasteiger partial charge in [0, 0.05) is 0 Å². The number of nitrogens with one attached hydrogen (secondary N) is 1. The summed E-state index contributed by atoms with van der Waals surface area (Å²) in [6.07, 6.45) is 3.44. The van der Waals surface area contributed by atoms with Crippen LogP contribution in [-0.2, 0) is 0 Å². The van der Waals surface area contributed by atoms with Crippen molar-refractivity contribution in [3.05, 3.63) is 23.7 Å². The van der Waals surface area contributed by atoms with Crippen molar-refractivity contribution in [3.63, 3.8) is 0 Å². The quantitative estimate of drug-likeness (QED) is 0.827. The third-order valence-corrected chi connectivity index (χ3v) is 2.99. The molecule has 1 fully saturated rings. The third-order valence-electron chi connectivity index (χ3n) is 2.99. The standard InChI is InChI=1S/C12H14N2O2/c1-9-4-5-10(16-9)11(15)14-12(8-13)6-2-3-7-12/h4-5H,2-3,6-7H2,1H3,(H,14,15). The van der Waals surface area contributed by atoms with Gasteiger partial charge >= 0.3 is 0 Å². The Balaban J connectivity index is 2.10. The Labute approximate surface area is 94.2 Å². The molecule has 0 aliphatic heterocycles. The minimum atomic E-state index is -0.683. The minimum Gasteiger partial charge on any atom is -0.456 e. The second-order valence-electron chi connectivity index (χ2n) is 4.27. The number of amides is 1. The summed E-state index contributed by atoms with van der Waals surface area (Å²) in [6, 6.07) is 5.58. The Morgan fingerprint density at radius 3 is 2.69 bits per heavy atom. The molecule has 0 spiro atoms. The second kappa shape index (κ2) is 4.01. The Morgan fingerprint density at radius 2 is 2.19 bits per heavy atom. The van der Waals surface area contributed by atoms with Crippen LogP contribution in [0, 0.1) is 18.3 Å². The van der Waals surface area contributed by atoms with Gasteiger partial charge in [0.2, 0.25) is 0 Å². The summed E-state index contributed by atoms with van der Waals surface area (Å²) in [5, 5.41) is 11.9. The first-order valence-electron chi connectivity index (χ1n) is 5.45. The molecule has 4 nitrogen and oxygen atoms in total. The van der Waals surface area contributed by atoms with Crippen molar-refractivity contribution in [3.8, 4) is 6.07 Å². The molecule has 1 N–H and O–H groups in total. The van der Waals surface area contributed by atoms with Gasteiger partial charge in [-0.25, -0.2) is 0 Å². The van der Waals surface area contributed by atoms with Gasteiger partial charge in [0.1, 0.15) is 11.3 Å². The first kappa shape index (κ1) is 10.7. The van der Waals surface area contributed by atoms with Gasteiger partial charge in [0.05, 0.1) is 6.07 Å². The molecular weight excluding hydrogens is 204 g/mol. The maximum Gasteiger partial charge on any atom is 0.288 e. The molecule has 84 valence electrons. The van der Waals surface area contributed by atoms with E-state index in [0.29, 0.717) is 5.76 Å². The first-order valence-corrected chi connectivity index (χ1v) is 5.45. The molecule has 0 aromatic carbocycles. The predicted octanol–water partition coefficient (Wildman–Crippen LogP) is 2.15. The van der Waals surface area contributed by atoms with Crippen LogP contribution in [0.5, 0.6) is 0 Å². The number of hydrogen-bond acceptors (Lipinski definition) is 3. The average Bonchev–Trinajstić information content (AvgIpc) is 2.88. The number of carbonyl (C=O) groups is 1. The minimum absolute atomic E-state index is 0.277. The number of rotatable bonds is 2. The van der Waals surface area contributed by atoms with Crippen molar-refractivity contribution >= 4 is 5.91 Å². The normalized spacial score (nSPS) is 18.0. The highest BCUT2D eigenvalue weighted by Crippen LogP contribution is 2.29. The van der Waals surface area contributed by atoms with Crippen LogP contribution in [-0.4, -0.2) is 11.4 Å². The molecule has 0 radical (unpaired) electrons. The summed E-state index contributed by atoms with van der Waals surface area (Å²) in [5.41, 5.74) is -0.683. The maximum absolute atomic E-state index is 11.8. The van der Waals surface area contributed by atoms with Gasteiger partial charge in [-0.2, -0.15) is 5.26 Å². The number of furan rings is 1. The van der Waals surface area contributed by atoms with Crippen molar-refractivity contribution in [1.29, 1.82) is 5.26 Å². The van der Waals surface area contributed by atoms with Crippen molar-refractivity contribution in [1.82, 2.24) is 5.32 Å². The molecular formula is C12H14N2O2. The number of nitriles is 1. The van der Waals surface area contributed by atoms with Crippen LogP contribution in [0.1, 0.15) is 42.0 Å². The lowest BCUT2D eigenvalue weighted by atomic mass is 10.00. The van der Waals surface area contributed by atoms with E-state index in [4.69, 9.17) is 9.68 Å². The maximum atomic E-state index is 11.8. The van der Waals surface area contributed by atoms with E-state index >= 15 is 0 Å². The van der Waals surface area contributed by atoms with Crippen LogP contribution >= 0.6 is 0 Å². The Kier molecular flexibility index (Phi) is 2.69. The van der Waals surface area contributed by atoms with Crippen LogP contribution in [0.2, 0.25) is 0 Å². The Hall–Kier alpha value is -1.76. The molecule has 0 atom stereocenters. The summed E-state index contributed by atoms with van der Waals surface area (Å²) in [7, 11) is 0. The second-order valence-corrected chi connectivity index (χ2v) is 4.27. The van der Waals surface area contributed by atoms with E-state index < -0.39 is 5.54 Å². The van der Waals surface area contributed by atoms with Gasteiger partial charge < -0.3 is 9.73 Å². The van der Waals surface area contributed by atoms with Crippen LogP contribution in [0.15, 0.2) is 16.5 Å². The fraction of sp³-hybridized carbons (Fsp3) is 0.500. The van der Waals surface area contributed by atoms with E-state index in [2.05, 4.69) is 11.4 Å². The number of nitrogens with zero attached hydrogens (tertiary/aromatic N) is 1. The van der Waals surface area contributed by atoms with Gasteiger partial charge in [-0.3, -0.25) is 4.79 Å². The van der Waals surface area contributed by atoms with Crippen molar-refractivity contribution in [2.45, 2.75) is 38.1 Å². The number of carbonyl (C=O) groups excluding carboxylic acids is 1. The largest absolute Gasteiger partial charge is 0.456 e. The molecule has 1 amide bonds. The predicted molar refractivity (Wildman–Crippen MR) is 57.7 cm³/mol. The summed E-state index contributed by atoms with van der Waals surface area (Å²) < 4.78 is 5.22. The summed E-state index contributed by atoms with van der Waals surface area (Å²) in [4.78, 5) is 11.8. The monoisotopic (exact) mass is 218 g/mol. The van der Waals surface area contributed by atoms with E-state index in [1.54, 1.807) is 19.1 Å². The van der Waals surface area contributed by atoms with Crippen molar-refractivity contribution < 1.29 is 9.21 Å². The highest BCUT2D eigenvalue weighted by molar-refractivity contribution is 5.92. The first-order chi connectivity index (χ1) is 7.65. The SMILES string of the molecule is Cc1ccc(C(=O)NC2(C#N)CCCC2)o1. The Bertz CT molecular complexity index is 436. The molecule has 1 aliphatic carbocycles. The average molecular weight is 218 g/mol. The topological polar surface area (TPSA) is 66.0 Å². The highest BCUT2D eigenvalue weighted by atomic mass is 16.3. The van der Waals surface area contributed by atoms with Crippen LogP contribution in [0.25, 0.3) is 0 Å². The number of aryl methyl sites for hydroxylation is 1. The summed E-state index contributed by atoms with van der Waals surface area (Å²) in [6.45, 7) is 1.78. The zero-order chi connectivity index (χ0) is 11.6. The van der Waals surface area contributed by atoms with E-state index in [0.717, 1.165) is 25.7 Å². The van der Waals surface area contributed by atoms with E-state index in [9.17, 15) is 4.79 Å². The van der Waals surface area contributed by atoms with Crippen molar-refractivity contribution in [2.24, 2.45) is 0 Å². The highest BCUT2D eigenvalue weighted by Gasteiger charge is 2.36. The molecule has 1 heterocycles. The summed E-state index contributed by atoms with van der Waals surface area (Å²) in [5.74, 6) is 0.679. The van der Waals surface area contributed by atoms with Gasteiger partial charge in [-0.1, -0.05) is 0 Å². The molecule has 0 saturated heterocycles. The van der Waals surface area contributed by atoms with Crippen LogP contribution in [0.4, 0.5) is 0 Å². The lowest BCUT2D eigenvalue weighted by Gasteiger charge is -2.20. The smallest absolute Gasteiger partial charge is 0.288 e. The molecule has 1 aliphatic rings. The molecule has 1 saturated carbocycles. The van der Waals surface area contributed by atoms with Crippen LogP contribution < -0.4 is 5.32 Å². The van der Waals surface area contributed by atoms with E-state index in [1.165, 1.54) is 0 Å². The lowest BCUT2D eigenvalue weighted by Crippen LogP contribution is -2.44. The van der Waals surface area contributed by atoms with Crippen LogP contribution in [0.3, 0.4) is 0 Å². The molecule has 4 heteroatoms. The zero-order valence-corrected chi connectivity index (χ0v) is 9.25. The molecule has 1 aromatic rings. The zero-order valence-electron chi connectivity index (χ0n) is 9.25.